The van der Waals surface area contributed by atoms with Crippen LogP contribution in [-0.2, 0) is 4.79 Å². The molecule has 0 aliphatic carbocycles. The van der Waals surface area contributed by atoms with E-state index in [0.717, 1.165) is 32.1 Å². The van der Waals surface area contributed by atoms with Crippen LogP contribution in [0.25, 0.3) is 0 Å². The lowest BCUT2D eigenvalue weighted by atomic mass is 9.96. The summed E-state index contributed by atoms with van der Waals surface area (Å²) in [4.78, 5) is 11.5. The molecular formula is C12H22Br2O. The van der Waals surface area contributed by atoms with E-state index in [0.29, 0.717) is 0 Å². The van der Waals surface area contributed by atoms with Crippen LogP contribution in [0.1, 0.15) is 65.2 Å². The molecule has 1 unspecified atom stereocenters. The molecule has 0 aliphatic rings. The maximum Gasteiger partial charge on any atom is 0.214 e. The van der Waals surface area contributed by atoms with Gasteiger partial charge < -0.3 is 0 Å². The minimum atomic E-state index is -0.309. The molecule has 0 saturated carbocycles. The minimum absolute atomic E-state index is 0.111. The van der Waals surface area contributed by atoms with Crippen molar-refractivity contribution in [2.24, 2.45) is 0 Å². The lowest BCUT2D eigenvalue weighted by molar-refractivity contribution is -0.112. The molecular weight excluding hydrogens is 320 g/mol. The smallest absolute Gasteiger partial charge is 0.214 e. The van der Waals surface area contributed by atoms with Crippen molar-refractivity contribution in [2.45, 2.75) is 69.5 Å². The maximum absolute atomic E-state index is 11.5. The van der Waals surface area contributed by atoms with E-state index in [9.17, 15) is 4.79 Å². The van der Waals surface area contributed by atoms with Gasteiger partial charge in [-0.05, 0) is 28.8 Å². The van der Waals surface area contributed by atoms with E-state index in [1.165, 1.54) is 19.3 Å². The van der Waals surface area contributed by atoms with E-state index >= 15 is 0 Å². The molecule has 0 saturated heterocycles. The van der Waals surface area contributed by atoms with Crippen LogP contribution in [0, 0.1) is 0 Å². The summed E-state index contributed by atoms with van der Waals surface area (Å²) in [6.07, 6.45) is 9.03. The first-order chi connectivity index (χ1) is 7.06. The van der Waals surface area contributed by atoms with Crippen molar-refractivity contribution in [3.8, 4) is 0 Å². The van der Waals surface area contributed by atoms with Gasteiger partial charge in [-0.1, -0.05) is 68.3 Å². The van der Waals surface area contributed by atoms with Crippen molar-refractivity contribution in [3.05, 3.63) is 0 Å². The van der Waals surface area contributed by atoms with E-state index in [1.807, 2.05) is 0 Å². The zero-order valence-corrected chi connectivity index (χ0v) is 13.0. The number of hydrogen-bond donors (Lipinski definition) is 0. The van der Waals surface area contributed by atoms with Crippen LogP contribution in [-0.4, -0.2) is 9.02 Å². The predicted octanol–water partition coefficient (Wildman–Crippen LogP) is 5.20. The van der Waals surface area contributed by atoms with Gasteiger partial charge in [0.1, 0.15) is 0 Å². The third-order valence-electron chi connectivity index (χ3n) is 2.71. The van der Waals surface area contributed by atoms with Crippen LogP contribution in [0.5, 0.6) is 0 Å². The largest absolute Gasteiger partial charge is 0.285 e. The van der Waals surface area contributed by atoms with Gasteiger partial charge in [-0.3, -0.25) is 4.79 Å². The maximum atomic E-state index is 11.5. The normalized spacial score (nSPS) is 14.9. The van der Waals surface area contributed by atoms with E-state index in [-0.39, 0.29) is 9.02 Å². The lowest BCUT2D eigenvalue weighted by Gasteiger charge is -2.23. The van der Waals surface area contributed by atoms with Crippen LogP contribution in [0.3, 0.4) is 0 Å². The summed E-state index contributed by atoms with van der Waals surface area (Å²) >= 11 is 6.72. The molecule has 0 amide bonds. The summed E-state index contributed by atoms with van der Waals surface area (Å²) in [5.41, 5.74) is 0. The zero-order valence-electron chi connectivity index (χ0n) is 9.82. The molecule has 0 N–H and O–H groups in total. The fraction of sp³-hybridized carbons (Fsp3) is 0.917. The van der Waals surface area contributed by atoms with E-state index in [4.69, 9.17) is 0 Å². The highest BCUT2D eigenvalue weighted by Crippen LogP contribution is 2.34. The van der Waals surface area contributed by atoms with E-state index in [1.54, 1.807) is 0 Å². The fourth-order valence-corrected chi connectivity index (χ4v) is 2.57. The third kappa shape index (κ3) is 6.72. The number of carbonyl (C=O) groups excluding carboxylic acids is 1. The molecule has 1 nitrogen and oxygen atoms in total. The molecule has 0 aliphatic heterocycles. The summed E-state index contributed by atoms with van der Waals surface area (Å²) in [6.45, 7) is 4.36. The topological polar surface area (TPSA) is 17.1 Å². The molecule has 3 heteroatoms. The Kier molecular flexibility index (Phi) is 9.11. The predicted molar refractivity (Wildman–Crippen MR) is 73.9 cm³/mol. The number of unbranched alkanes of at least 4 members (excludes halogenated alkanes) is 4. The molecule has 0 aromatic heterocycles. The first-order valence-corrected chi connectivity index (χ1v) is 7.54. The second kappa shape index (κ2) is 8.74. The number of hydrogen-bond acceptors (Lipinski definition) is 1. The van der Waals surface area contributed by atoms with Gasteiger partial charge in [-0.25, -0.2) is 0 Å². The molecule has 0 bridgehead atoms. The van der Waals surface area contributed by atoms with Gasteiger partial charge in [0, 0.05) is 0 Å². The Labute approximate surface area is 111 Å². The van der Waals surface area contributed by atoms with Gasteiger partial charge in [-0.2, -0.15) is 0 Å². The monoisotopic (exact) mass is 340 g/mol. The first kappa shape index (κ1) is 15.6. The average Bonchev–Trinajstić information content (AvgIpc) is 2.21. The highest BCUT2D eigenvalue weighted by atomic mass is 79.9. The van der Waals surface area contributed by atoms with E-state index < -0.39 is 0 Å². The Morgan fingerprint density at radius 1 is 1.00 bits per heavy atom. The number of carbonyl (C=O) groups is 1. The van der Waals surface area contributed by atoms with E-state index in [2.05, 4.69) is 45.7 Å². The van der Waals surface area contributed by atoms with Crippen molar-refractivity contribution in [1.29, 1.82) is 0 Å². The summed E-state index contributed by atoms with van der Waals surface area (Å²) < 4.78 is -0.198. The lowest BCUT2D eigenvalue weighted by Crippen LogP contribution is -2.27. The summed E-state index contributed by atoms with van der Waals surface area (Å²) in [6, 6.07) is 0. The molecule has 15 heavy (non-hydrogen) atoms. The summed E-state index contributed by atoms with van der Waals surface area (Å²) in [7, 11) is 0. The summed E-state index contributed by atoms with van der Waals surface area (Å²) in [5.74, 6) is 0. The molecule has 1 atom stereocenters. The second-order valence-electron chi connectivity index (χ2n) is 4.15. The number of halogens is 2. The second-order valence-corrected chi connectivity index (χ2v) is 6.39. The van der Waals surface area contributed by atoms with Crippen molar-refractivity contribution < 1.29 is 4.79 Å². The zero-order chi connectivity index (χ0) is 11.7. The van der Waals surface area contributed by atoms with Gasteiger partial charge in [0.25, 0.3) is 0 Å². The number of alkyl halides is 1. The van der Waals surface area contributed by atoms with Gasteiger partial charge in [0.15, 0.2) is 0 Å². The van der Waals surface area contributed by atoms with Crippen LogP contribution < -0.4 is 0 Å². The fourth-order valence-electron chi connectivity index (χ4n) is 1.61. The van der Waals surface area contributed by atoms with Crippen LogP contribution in [0.4, 0.5) is 0 Å². The highest BCUT2D eigenvalue weighted by Gasteiger charge is 2.32. The Balaban J connectivity index is 3.96. The Bertz CT molecular complexity index is 182. The number of rotatable bonds is 9. The van der Waals surface area contributed by atoms with Crippen molar-refractivity contribution in [1.82, 2.24) is 0 Å². The van der Waals surface area contributed by atoms with Crippen LogP contribution in [0.15, 0.2) is 0 Å². The van der Waals surface area contributed by atoms with Crippen molar-refractivity contribution >= 4 is 36.6 Å². The average molecular weight is 342 g/mol. The Morgan fingerprint density at radius 3 is 2.00 bits per heavy atom. The molecule has 0 heterocycles. The minimum Gasteiger partial charge on any atom is -0.285 e. The standard InChI is InChI=1S/C12H22Br2O/c1-3-5-7-8-10-12(14,11(13)15)9-6-4-2/h3-10H2,1-2H3. The van der Waals surface area contributed by atoms with Gasteiger partial charge in [-0.15, -0.1) is 0 Å². The molecule has 0 fully saturated rings. The van der Waals surface area contributed by atoms with Gasteiger partial charge in [0.2, 0.25) is 4.69 Å². The van der Waals surface area contributed by atoms with Crippen molar-refractivity contribution in [3.63, 3.8) is 0 Å². The third-order valence-corrected chi connectivity index (χ3v) is 5.15. The first-order valence-electron chi connectivity index (χ1n) is 5.95. The van der Waals surface area contributed by atoms with Crippen LogP contribution in [0.2, 0.25) is 0 Å². The molecule has 0 radical (unpaired) electrons. The molecule has 0 rings (SSSR count). The highest BCUT2D eigenvalue weighted by molar-refractivity contribution is 9.20. The quantitative estimate of drug-likeness (QED) is 0.320. The Hall–Kier alpha value is 0.630. The molecule has 0 aromatic rings. The summed E-state index contributed by atoms with van der Waals surface area (Å²) in [5, 5.41) is 0. The van der Waals surface area contributed by atoms with Crippen LogP contribution >= 0.6 is 31.9 Å². The van der Waals surface area contributed by atoms with Gasteiger partial charge >= 0.3 is 0 Å². The SMILES string of the molecule is CCCCCCC(Br)(CCCC)C(=O)Br. The Morgan fingerprint density at radius 2 is 1.53 bits per heavy atom. The molecule has 0 aromatic carbocycles. The molecule has 0 spiro atoms. The van der Waals surface area contributed by atoms with Gasteiger partial charge in [0.05, 0.1) is 4.32 Å². The van der Waals surface area contributed by atoms with Crippen molar-refractivity contribution in [2.75, 3.05) is 0 Å². The molecule has 90 valence electrons.